The number of phenolic OH excluding ortho intramolecular Hbond substituents is 1. The van der Waals surface area contributed by atoms with Gasteiger partial charge in [0.05, 0.1) is 0 Å². The fourth-order valence-corrected chi connectivity index (χ4v) is 4.74. The summed E-state index contributed by atoms with van der Waals surface area (Å²) in [5, 5.41) is 15.4. The normalized spacial score (nSPS) is 15.2. The number of aromatic nitrogens is 2. The van der Waals surface area contributed by atoms with Crippen LogP contribution in [0, 0.1) is 5.82 Å². The largest absolute Gasteiger partial charge is 0.508 e. The first-order valence-electron chi connectivity index (χ1n) is 9.98. The third kappa shape index (κ3) is 5.10. The number of aromatic hydroxyl groups is 1. The van der Waals surface area contributed by atoms with Crippen LogP contribution in [0.2, 0.25) is 0 Å². The molecule has 0 radical (unpaired) electrons. The van der Waals surface area contributed by atoms with Gasteiger partial charge in [0.2, 0.25) is 16.0 Å². The number of phenols is 1. The van der Waals surface area contributed by atoms with Gasteiger partial charge in [0, 0.05) is 49.8 Å². The van der Waals surface area contributed by atoms with Crippen molar-refractivity contribution < 1.29 is 17.9 Å². The fraction of sp³-hybridized carbons (Fsp3) is 0.182. The molecule has 4 rings (SSSR count). The number of nitrogens with one attached hydrogen (secondary N) is 2. The van der Waals surface area contributed by atoms with Crippen LogP contribution < -0.4 is 10.6 Å². The van der Waals surface area contributed by atoms with Crippen molar-refractivity contribution in [2.75, 3.05) is 31.5 Å². The molecule has 166 valence electrons. The highest BCUT2D eigenvalue weighted by Gasteiger charge is 2.28. The van der Waals surface area contributed by atoms with Crippen LogP contribution in [0.5, 0.6) is 5.75 Å². The molecule has 1 aliphatic rings. The second-order valence-electron chi connectivity index (χ2n) is 7.19. The molecule has 3 N–H and O–H groups in total. The average Bonchev–Trinajstić information content (AvgIpc) is 2.79. The first kappa shape index (κ1) is 21.9. The van der Waals surface area contributed by atoms with E-state index in [1.54, 1.807) is 36.7 Å². The highest BCUT2D eigenvalue weighted by Crippen LogP contribution is 2.24. The van der Waals surface area contributed by atoms with Crippen molar-refractivity contribution in [3.05, 3.63) is 71.8 Å². The molecule has 0 bridgehead atoms. The summed E-state index contributed by atoms with van der Waals surface area (Å²) in [4.78, 5) is 8.05. The third-order valence-electron chi connectivity index (χ3n) is 4.89. The molecular weight excluding hydrogens is 433 g/mol. The lowest BCUT2D eigenvalue weighted by atomic mass is 10.2. The van der Waals surface area contributed by atoms with E-state index < -0.39 is 15.8 Å². The van der Waals surface area contributed by atoms with E-state index in [0.29, 0.717) is 31.9 Å². The highest BCUT2D eigenvalue weighted by molar-refractivity contribution is 7.89. The molecule has 1 aromatic heterocycles. The minimum absolute atomic E-state index is 0.182. The Balaban J connectivity index is 1.44. The van der Waals surface area contributed by atoms with Crippen LogP contribution in [-0.2, 0) is 10.0 Å². The zero-order chi connectivity index (χ0) is 22.6. The molecule has 8 nitrogen and oxygen atoms in total. The second-order valence-corrected chi connectivity index (χ2v) is 9.10. The van der Waals surface area contributed by atoms with Crippen molar-refractivity contribution in [2.24, 2.45) is 0 Å². The number of sulfonamides is 1. The number of anilines is 2. The molecule has 0 unspecified atom stereocenters. The van der Waals surface area contributed by atoms with Gasteiger partial charge < -0.3 is 15.7 Å². The average molecular weight is 456 g/mol. The van der Waals surface area contributed by atoms with Gasteiger partial charge in [-0.3, -0.25) is 0 Å². The highest BCUT2D eigenvalue weighted by atomic mass is 32.2. The van der Waals surface area contributed by atoms with Crippen LogP contribution in [0.1, 0.15) is 11.1 Å². The molecule has 0 atom stereocenters. The monoisotopic (exact) mass is 455 g/mol. The van der Waals surface area contributed by atoms with Crippen molar-refractivity contribution >= 4 is 33.8 Å². The molecule has 32 heavy (non-hydrogen) atoms. The summed E-state index contributed by atoms with van der Waals surface area (Å²) < 4.78 is 41.3. The van der Waals surface area contributed by atoms with E-state index >= 15 is 0 Å². The lowest BCUT2D eigenvalue weighted by Crippen LogP contribution is -2.46. The Kier molecular flexibility index (Phi) is 6.45. The van der Waals surface area contributed by atoms with E-state index in [-0.39, 0.29) is 16.6 Å². The Labute approximate surface area is 185 Å². The predicted octanol–water partition coefficient (Wildman–Crippen LogP) is 2.83. The minimum Gasteiger partial charge on any atom is -0.508 e. The van der Waals surface area contributed by atoms with Gasteiger partial charge in [-0.2, -0.15) is 4.31 Å². The number of hydrogen-bond acceptors (Lipinski definition) is 7. The zero-order valence-corrected chi connectivity index (χ0v) is 17.9. The van der Waals surface area contributed by atoms with Gasteiger partial charge in [0.15, 0.2) is 0 Å². The molecule has 1 aliphatic heterocycles. The van der Waals surface area contributed by atoms with Crippen molar-refractivity contribution in [2.45, 2.75) is 4.90 Å². The molecule has 10 heteroatoms. The number of nitrogens with zero attached hydrogens (tertiary/aromatic N) is 3. The van der Waals surface area contributed by atoms with Gasteiger partial charge in [-0.25, -0.2) is 22.8 Å². The van der Waals surface area contributed by atoms with E-state index in [1.807, 2.05) is 12.1 Å². The summed E-state index contributed by atoms with van der Waals surface area (Å²) in [7, 11) is -3.88. The van der Waals surface area contributed by atoms with Crippen LogP contribution in [0.25, 0.3) is 12.2 Å². The van der Waals surface area contributed by atoms with Crippen LogP contribution in [0.15, 0.2) is 59.8 Å². The van der Waals surface area contributed by atoms with Crippen LogP contribution in [-0.4, -0.2) is 54.0 Å². The van der Waals surface area contributed by atoms with E-state index in [9.17, 15) is 17.9 Å². The molecule has 0 saturated carbocycles. The van der Waals surface area contributed by atoms with Gasteiger partial charge >= 0.3 is 0 Å². The van der Waals surface area contributed by atoms with Gasteiger partial charge in [-0.1, -0.05) is 24.3 Å². The van der Waals surface area contributed by atoms with Crippen LogP contribution in [0.3, 0.4) is 0 Å². The maximum absolute atomic E-state index is 14.6. The van der Waals surface area contributed by atoms with Crippen molar-refractivity contribution in [3.8, 4) is 5.75 Å². The van der Waals surface area contributed by atoms with Gasteiger partial charge in [-0.05, 0) is 35.9 Å². The Morgan fingerprint density at radius 2 is 1.75 bits per heavy atom. The molecular formula is C22H22FN5O3S. The Morgan fingerprint density at radius 3 is 2.44 bits per heavy atom. The van der Waals surface area contributed by atoms with E-state index in [2.05, 4.69) is 20.6 Å². The summed E-state index contributed by atoms with van der Waals surface area (Å²) in [6, 6.07) is 10.7. The first-order valence-corrected chi connectivity index (χ1v) is 11.4. The summed E-state index contributed by atoms with van der Waals surface area (Å²) in [5.74, 6) is -0.405. The third-order valence-corrected chi connectivity index (χ3v) is 6.82. The molecule has 0 amide bonds. The Bertz CT molecular complexity index is 1230. The Morgan fingerprint density at radius 1 is 1.03 bits per heavy atom. The molecule has 2 heterocycles. The maximum atomic E-state index is 14.6. The zero-order valence-electron chi connectivity index (χ0n) is 17.1. The minimum atomic E-state index is -3.88. The summed E-state index contributed by atoms with van der Waals surface area (Å²) in [6.45, 7) is 1.69. The molecule has 1 saturated heterocycles. The van der Waals surface area contributed by atoms with Crippen molar-refractivity contribution in [1.82, 2.24) is 19.6 Å². The van der Waals surface area contributed by atoms with E-state index in [0.717, 1.165) is 17.2 Å². The summed E-state index contributed by atoms with van der Waals surface area (Å²) in [5.41, 5.74) is 1.91. The Hall–Kier alpha value is -3.34. The van der Waals surface area contributed by atoms with Gasteiger partial charge in [-0.15, -0.1) is 0 Å². The van der Waals surface area contributed by atoms with E-state index in [4.69, 9.17) is 0 Å². The van der Waals surface area contributed by atoms with Crippen LogP contribution in [0.4, 0.5) is 16.0 Å². The second kappa shape index (κ2) is 9.43. The molecule has 1 fully saturated rings. The molecule has 3 aromatic rings. The molecule has 2 aromatic carbocycles. The van der Waals surface area contributed by atoms with E-state index in [1.165, 1.54) is 16.4 Å². The molecule has 0 aliphatic carbocycles. The number of piperazine rings is 1. The number of halogens is 1. The standard InChI is InChI=1S/C22H22FN5O3S/c23-20-13-18(6-7-21(20)32(30,31)28-10-8-24-9-11-28)27-22-25-14-17(15-26-22)5-4-16-2-1-3-19(29)12-16/h1-7,12-15,24,29H,8-11H2,(H,25,26,27). The molecule has 0 spiro atoms. The fourth-order valence-electron chi connectivity index (χ4n) is 3.25. The first-order chi connectivity index (χ1) is 15.4. The van der Waals surface area contributed by atoms with Gasteiger partial charge in [0.25, 0.3) is 0 Å². The maximum Gasteiger partial charge on any atom is 0.246 e. The topological polar surface area (TPSA) is 107 Å². The summed E-state index contributed by atoms with van der Waals surface area (Å²) in [6.07, 6.45) is 6.80. The smallest absolute Gasteiger partial charge is 0.246 e. The number of rotatable bonds is 6. The lowest BCUT2D eigenvalue weighted by Gasteiger charge is -2.26. The predicted molar refractivity (Wildman–Crippen MR) is 120 cm³/mol. The summed E-state index contributed by atoms with van der Waals surface area (Å²) >= 11 is 0. The lowest BCUT2D eigenvalue weighted by molar-refractivity contribution is 0.358. The van der Waals surface area contributed by atoms with Gasteiger partial charge in [0.1, 0.15) is 16.5 Å². The van der Waals surface area contributed by atoms with Crippen LogP contribution >= 0.6 is 0 Å². The van der Waals surface area contributed by atoms with Crippen molar-refractivity contribution in [1.29, 1.82) is 0 Å². The number of hydrogen-bond donors (Lipinski definition) is 3. The van der Waals surface area contributed by atoms with Crippen molar-refractivity contribution in [3.63, 3.8) is 0 Å². The number of benzene rings is 2. The SMILES string of the molecule is O=S(=O)(c1ccc(Nc2ncc(C=Cc3cccc(O)c3)cn2)cc1F)N1CCNCC1. The quantitative estimate of drug-likeness (QED) is 0.525.